The highest BCUT2D eigenvalue weighted by Crippen LogP contribution is 2.33. The van der Waals surface area contributed by atoms with Gasteiger partial charge in [-0.1, -0.05) is 19.9 Å². The fourth-order valence-electron chi connectivity index (χ4n) is 2.11. The van der Waals surface area contributed by atoms with Gasteiger partial charge in [-0.15, -0.1) is 0 Å². The van der Waals surface area contributed by atoms with Gasteiger partial charge in [0.15, 0.2) is 0 Å². The summed E-state index contributed by atoms with van der Waals surface area (Å²) in [6.07, 6.45) is 0. The van der Waals surface area contributed by atoms with Crippen LogP contribution in [0.4, 0.5) is 11.4 Å². The van der Waals surface area contributed by atoms with Crippen LogP contribution in [0.3, 0.4) is 0 Å². The molecule has 0 atom stereocenters. The lowest BCUT2D eigenvalue weighted by molar-refractivity contribution is -0.384. The molecule has 0 radical (unpaired) electrons. The number of anilines is 1. The Morgan fingerprint density at radius 1 is 1.35 bits per heavy atom. The second-order valence-corrected chi connectivity index (χ2v) is 5.38. The van der Waals surface area contributed by atoms with Gasteiger partial charge in [0, 0.05) is 12.6 Å². The number of para-hydroxylation sites is 1. The second-order valence-electron chi connectivity index (χ2n) is 5.38. The zero-order chi connectivity index (χ0) is 15.4. The molecule has 1 aromatic carbocycles. The molecule has 0 saturated heterocycles. The molecule has 0 bridgehead atoms. The third-order valence-electron chi connectivity index (χ3n) is 2.92. The maximum Gasteiger partial charge on any atom is 0.342 e. The van der Waals surface area contributed by atoms with Crippen LogP contribution in [0.5, 0.6) is 0 Å². The van der Waals surface area contributed by atoms with Gasteiger partial charge in [-0.25, -0.2) is 4.79 Å². The maximum absolute atomic E-state index is 11.3. The van der Waals surface area contributed by atoms with Gasteiger partial charge in [-0.05, 0) is 31.9 Å². The Kier molecular flexibility index (Phi) is 5.07. The van der Waals surface area contributed by atoms with E-state index in [0.29, 0.717) is 18.2 Å². The second kappa shape index (κ2) is 6.36. The van der Waals surface area contributed by atoms with Gasteiger partial charge in [-0.2, -0.15) is 0 Å². The zero-order valence-electron chi connectivity index (χ0n) is 12.2. The molecule has 0 aliphatic heterocycles. The highest BCUT2D eigenvalue weighted by atomic mass is 16.6. The van der Waals surface area contributed by atoms with E-state index >= 15 is 0 Å². The topological polar surface area (TPSA) is 83.7 Å². The number of rotatable bonds is 6. The number of hydrogen-bond acceptors (Lipinski definition) is 4. The number of carboxylic acids is 1. The molecule has 1 rings (SSSR count). The highest BCUT2D eigenvalue weighted by Gasteiger charge is 2.28. The third-order valence-corrected chi connectivity index (χ3v) is 2.92. The Morgan fingerprint density at radius 3 is 2.35 bits per heavy atom. The van der Waals surface area contributed by atoms with E-state index in [9.17, 15) is 14.9 Å². The monoisotopic (exact) mass is 280 g/mol. The van der Waals surface area contributed by atoms with Crippen LogP contribution in [0, 0.1) is 16.0 Å². The lowest BCUT2D eigenvalue weighted by Gasteiger charge is -2.30. The van der Waals surface area contributed by atoms with E-state index in [1.54, 1.807) is 12.1 Å². The highest BCUT2D eigenvalue weighted by molar-refractivity contribution is 5.95. The summed E-state index contributed by atoms with van der Waals surface area (Å²) in [7, 11) is 0. The van der Waals surface area contributed by atoms with Crippen molar-refractivity contribution in [1.29, 1.82) is 0 Å². The van der Waals surface area contributed by atoms with E-state index < -0.39 is 10.9 Å². The molecule has 20 heavy (non-hydrogen) atoms. The molecule has 0 amide bonds. The third kappa shape index (κ3) is 3.46. The smallest absolute Gasteiger partial charge is 0.342 e. The first kappa shape index (κ1) is 15.9. The number of nitrogens with zero attached hydrogens (tertiary/aromatic N) is 2. The lowest BCUT2D eigenvalue weighted by Crippen LogP contribution is -2.34. The number of aromatic carboxylic acids is 1. The first-order valence-electron chi connectivity index (χ1n) is 6.53. The number of hydrogen-bond donors (Lipinski definition) is 1. The fraction of sp³-hybridized carbons (Fsp3) is 0.500. The molecule has 0 heterocycles. The summed E-state index contributed by atoms with van der Waals surface area (Å²) >= 11 is 0. The summed E-state index contributed by atoms with van der Waals surface area (Å²) in [5, 5.41) is 20.4. The van der Waals surface area contributed by atoms with Gasteiger partial charge in [0.25, 0.3) is 0 Å². The number of benzene rings is 1. The maximum atomic E-state index is 11.3. The molecule has 0 aliphatic carbocycles. The molecule has 0 fully saturated rings. The van der Waals surface area contributed by atoms with Crippen LogP contribution >= 0.6 is 0 Å². The summed E-state index contributed by atoms with van der Waals surface area (Å²) in [6.45, 7) is 8.52. The number of nitro benzene ring substituents is 1. The quantitative estimate of drug-likeness (QED) is 0.639. The Labute approximate surface area is 118 Å². The summed E-state index contributed by atoms with van der Waals surface area (Å²) in [6, 6.07) is 4.45. The predicted octanol–water partition coefficient (Wildman–Crippen LogP) is 3.16. The molecule has 0 unspecified atom stereocenters. The molecule has 0 aromatic heterocycles. The standard InChI is InChI=1S/C14H20N2O4/c1-9(2)8-15(10(3)4)12-7-5-6-11(14(17)18)13(12)16(19)20/h5-7,9-10H,8H2,1-4H3,(H,17,18). The summed E-state index contributed by atoms with van der Waals surface area (Å²) < 4.78 is 0. The summed E-state index contributed by atoms with van der Waals surface area (Å²) in [5.41, 5.74) is -0.255. The van der Waals surface area contributed by atoms with E-state index in [-0.39, 0.29) is 17.3 Å². The first-order valence-corrected chi connectivity index (χ1v) is 6.53. The van der Waals surface area contributed by atoms with Crippen LogP contribution in [-0.2, 0) is 0 Å². The van der Waals surface area contributed by atoms with Gasteiger partial charge in [0.1, 0.15) is 11.3 Å². The zero-order valence-corrected chi connectivity index (χ0v) is 12.2. The van der Waals surface area contributed by atoms with Crippen molar-refractivity contribution >= 4 is 17.3 Å². The fourth-order valence-corrected chi connectivity index (χ4v) is 2.11. The molecular weight excluding hydrogens is 260 g/mol. The molecule has 6 heteroatoms. The van der Waals surface area contributed by atoms with Crippen LogP contribution in [0.15, 0.2) is 18.2 Å². The first-order chi connectivity index (χ1) is 9.25. The summed E-state index contributed by atoms with van der Waals surface area (Å²) in [4.78, 5) is 23.7. The van der Waals surface area contributed by atoms with Crippen molar-refractivity contribution in [3.05, 3.63) is 33.9 Å². The Bertz CT molecular complexity index is 512. The normalized spacial score (nSPS) is 10.9. The lowest BCUT2D eigenvalue weighted by atomic mass is 10.1. The molecule has 1 N–H and O–H groups in total. The number of nitro groups is 1. The number of carbonyl (C=O) groups is 1. The molecule has 0 aliphatic rings. The minimum atomic E-state index is -1.29. The van der Waals surface area contributed by atoms with Crippen LogP contribution in [0.25, 0.3) is 0 Å². The van der Waals surface area contributed by atoms with Gasteiger partial charge in [-0.3, -0.25) is 10.1 Å². The van der Waals surface area contributed by atoms with Crippen molar-refractivity contribution in [3.8, 4) is 0 Å². The van der Waals surface area contributed by atoms with Crippen LogP contribution < -0.4 is 4.90 Å². The molecule has 0 saturated carbocycles. The Hall–Kier alpha value is -2.11. The van der Waals surface area contributed by atoms with E-state index in [1.165, 1.54) is 6.07 Å². The van der Waals surface area contributed by atoms with E-state index in [0.717, 1.165) is 0 Å². The van der Waals surface area contributed by atoms with Crippen molar-refractivity contribution in [2.75, 3.05) is 11.4 Å². The van der Waals surface area contributed by atoms with Crippen molar-refractivity contribution in [3.63, 3.8) is 0 Å². The molecule has 110 valence electrons. The predicted molar refractivity (Wildman–Crippen MR) is 77.4 cm³/mol. The Balaban J connectivity index is 3.45. The molecule has 1 aromatic rings. The molecule has 0 spiro atoms. The SMILES string of the molecule is CC(C)CN(c1cccc(C(=O)O)c1[N+](=O)[O-])C(C)C. The van der Waals surface area contributed by atoms with Crippen LogP contribution in [0.1, 0.15) is 38.1 Å². The van der Waals surface area contributed by atoms with Crippen molar-refractivity contribution in [1.82, 2.24) is 0 Å². The van der Waals surface area contributed by atoms with Gasteiger partial charge in [0.05, 0.1) is 4.92 Å². The largest absolute Gasteiger partial charge is 0.477 e. The summed E-state index contributed by atoms with van der Waals surface area (Å²) in [5.74, 6) is -0.975. The van der Waals surface area contributed by atoms with Crippen molar-refractivity contribution < 1.29 is 14.8 Å². The van der Waals surface area contributed by atoms with E-state index in [1.807, 2.05) is 32.6 Å². The van der Waals surface area contributed by atoms with E-state index in [4.69, 9.17) is 5.11 Å². The average Bonchev–Trinajstić information content (AvgIpc) is 2.34. The van der Waals surface area contributed by atoms with Crippen LogP contribution in [-0.4, -0.2) is 28.6 Å². The molecule has 6 nitrogen and oxygen atoms in total. The van der Waals surface area contributed by atoms with E-state index in [2.05, 4.69) is 0 Å². The number of carboxylic acid groups (broad SMARTS) is 1. The van der Waals surface area contributed by atoms with Crippen molar-refractivity contribution in [2.45, 2.75) is 33.7 Å². The molecular formula is C14H20N2O4. The van der Waals surface area contributed by atoms with Gasteiger partial charge >= 0.3 is 11.7 Å². The van der Waals surface area contributed by atoms with Gasteiger partial charge in [0.2, 0.25) is 0 Å². The van der Waals surface area contributed by atoms with Gasteiger partial charge < -0.3 is 10.0 Å². The van der Waals surface area contributed by atoms with Crippen molar-refractivity contribution in [2.24, 2.45) is 5.92 Å². The van der Waals surface area contributed by atoms with Crippen LogP contribution in [0.2, 0.25) is 0 Å². The minimum absolute atomic E-state index is 0.0418. The minimum Gasteiger partial charge on any atom is -0.477 e. The average molecular weight is 280 g/mol. The Morgan fingerprint density at radius 2 is 1.95 bits per heavy atom.